The Kier molecular flexibility index (Phi) is 6.53. The number of halogens is 2. The summed E-state index contributed by atoms with van der Waals surface area (Å²) in [5.74, 6) is 1.65. The van der Waals surface area contributed by atoms with E-state index in [0.717, 1.165) is 16.8 Å². The van der Waals surface area contributed by atoms with E-state index < -0.39 is 6.04 Å². The number of hydrogen-bond acceptors (Lipinski definition) is 6. The Bertz CT molecular complexity index is 1210. The van der Waals surface area contributed by atoms with Gasteiger partial charge < -0.3 is 14.8 Å². The summed E-state index contributed by atoms with van der Waals surface area (Å²) in [5, 5.41) is 8.14. The average molecular weight is 518 g/mol. The molecule has 0 spiro atoms. The Morgan fingerprint density at radius 1 is 1.28 bits per heavy atom. The maximum Gasteiger partial charge on any atom is 0.226 e. The highest BCUT2D eigenvalue weighted by Gasteiger charge is 2.32. The first-order chi connectivity index (χ1) is 15.4. The van der Waals surface area contributed by atoms with Gasteiger partial charge in [-0.15, -0.1) is 0 Å². The minimum absolute atomic E-state index is 0.0470. The Morgan fingerprint density at radius 3 is 2.78 bits per heavy atom. The molecule has 1 aliphatic rings. The third-order valence-electron chi connectivity index (χ3n) is 5.15. The van der Waals surface area contributed by atoms with Gasteiger partial charge in [0.05, 0.1) is 11.1 Å². The van der Waals surface area contributed by atoms with Crippen LogP contribution < -0.4 is 14.8 Å². The molecule has 1 N–H and O–H groups in total. The predicted octanol–water partition coefficient (Wildman–Crippen LogP) is 5.55. The molecule has 4 rings (SSSR count). The van der Waals surface area contributed by atoms with E-state index in [4.69, 9.17) is 21.1 Å². The molecular weight excluding hydrogens is 496 g/mol. The van der Waals surface area contributed by atoms with Crippen molar-refractivity contribution in [3.05, 3.63) is 74.6 Å². The SMILES string of the molecule is CCOc1cc(C2C(C(C)=O)=C(C)Nc3ncnn32)cc(Br)c1OCc1ccccc1Cl. The van der Waals surface area contributed by atoms with Crippen molar-refractivity contribution in [2.24, 2.45) is 0 Å². The molecule has 3 aromatic rings. The summed E-state index contributed by atoms with van der Waals surface area (Å²) in [6.07, 6.45) is 1.46. The molecule has 0 aliphatic carbocycles. The summed E-state index contributed by atoms with van der Waals surface area (Å²) in [5.41, 5.74) is 3.05. The monoisotopic (exact) mass is 516 g/mol. The highest BCUT2D eigenvalue weighted by molar-refractivity contribution is 9.10. The molecule has 0 fully saturated rings. The van der Waals surface area contributed by atoms with Gasteiger partial charge in [0.25, 0.3) is 0 Å². The Hall–Kier alpha value is -2.84. The number of benzene rings is 2. The van der Waals surface area contributed by atoms with Crippen LogP contribution in [0.15, 0.2) is 58.5 Å². The van der Waals surface area contributed by atoms with Crippen LogP contribution in [-0.2, 0) is 11.4 Å². The highest BCUT2D eigenvalue weighted by atomic mass is 79.9. The summed E-state index contributed by atoms with van der Waals surface area (Å²) >= 11 is 9.90. The van der Waals surface area contributed by atoms with E-state index in [2.05, 4.69) is 31.3 Å². The largest absolute Gasteiger partial charge is 0.490 e. The Labute approximate surface area is 199 Å². The van der Waals surface area contributed by atoms with Gasteiger partial charge in [0.15, 0.2) is 17.3 Å². The molecule has 7 nitrogen and oxygen atoms in total. The number of nitrogens with zero attached hydrogens (tertiary/aromatic N) is 3. The van der Waals surface area contributed by atoms with Crippen LogP contribution in [-0.4, -0.2) is 27.2 Å². The zero-order valence-corrected chi connectivity index (χ0v) is 20.2. The number of allylic oxidation sites excluding steroid dienone is 2. The molecule has 0 amide bonds. The highest BCUT2D eigenvalue weighted by Crippen LogP contribution is 2.43. The van der Waals surface area contributed by atoms with Crippen molar-refractivity contribution in [3.8, 4) is 11.5 Å². The van der Waals surface area contributed by atoms with Crippen LogP contribution in [0.25, 0.3) is 0 Å². The number of ketones is 1. The Morgan fingerprint density at radius 2 is 2.06 bits per heavy atom. The van der Waals surface area contributed by atoms with Gasteiger partial charge in [0, 0.05) is 21.9 Å². The van der Waals surface area contributed by atoms with Crippen molar-refractivity contribution >= 4 is 39.3 Å². The molecule has 2 heterocycles. The number of fused-ring (bicyclic) bond motifs is 1. The van der Waals surface area contributed by atoms with Crippen LogP contribution in [0, 0.1) is 0 Å². The smallest absolute Gasteiger partial charge is 0.226 e. The molecular formula is C23H22BrClN4O3. The molecule has 0 saturated heterocycles. The van der Waals surface area contributed by atoms with Crippen molar-refractivity contribution in [2.45, 2.75) is 33.4 Å². The third kappa shape index (κ3) is 4.25. The van der Waals surface area contributed by atoms with E-state index in [1.165, 1.54) is 6.33 Å². The van der Waals surface area contributed by atoms with Crippen LogP contribution in [0.4, 0.5) is 5.95 Å². The quantitative estimate of drug-likeness (QED) is 0.443. The van der Waals surface area contributed by atoms with E-state index in [1.807, 2.05) is 50.2 Å². The van der Waals surface area contributed by atoms with Crippen LogP contribution in [0.5, 0.6) is 11.5 Å². The Balaban J connectivity index is 1.76. The zero-order valence-electron chi connectivity index (χ0n) is 17.9. The van der Waals surface area contributed by atoms with Gasteiger partial charge in [0.1, 0.15) is 19.0 Å². The van der Waals surface area contributed by atoms with Crippen molar-refractivity contribution in [1.29, 1.82) is 0 Å². The number of aromatic nitrogens is 3. The number of hydrogen-bond donors (Lipinski definition) is 1. The molecule has 32 heavy (non-hydrogen) atoms. The van der Waals surface area contributed by atoms with Crippen LogP contribution >= 0.6 is 27.5 Å². The van der Waals surface area contributed by atoms with Gasteiger partial charge in [-0.25, -0.2) is 4.68 Å². The maximum absolute atomic E-state index is 12.5. The van der Waals surface area contributed by atoms with Crippen molar-refractivity contribution in [3.63, 3.8) is 0 Å². The van der Waals surface area contributed by atoms with Crippen molar-refractivity contribution < 1.29 is 14.3 Å². The molecule has 9 heteroatoms. The lowest BCUT2D eigenvalue weighted by molar-refractivity contribution is -0.114. The van der Waals surface area contributed by atoms with Crippen LogP contribution in [0.2, 0.25) is 5.02 Å². The van der Waals surface area contributed by atoms with E-state index in [-0.39, 0.29) is 12.4 Å². The lowest BCUT2D eigenvalue weighted by Crippen LogP contribution is -2.27. The molecule has 1 atom stereocenters. The van der Waals surface area contributed by atoms with Crippen molar-refractivity contribution in [1.82, 2.24) is 14.8 Å². The number of ether oxygens (including phenoxy) is 2. The second-order valence-electron chi connectivity index (χ2n) is 7.29. The standard InChI is InChI=1S/C23H22BrClN4O3/c1-4-31-19-10-16(9-17(24)22(19)32-11-15-7-5-6-8-18(15)25)21-20(14(3)30)13(2)28-23-26-12-27-29(21)23/h5-10,12,21H,4,11H2,1-3H3,(H,26,27,28). The number of nitrogens with one attached hydrogen (secondary N) is 1. The lowest BCUT2D eigenvalue weighted by atomic mass is 9.93. The van der Waals surface area contributed by atoms with Crippen LogP contribution in [0.1, 0.15) is 37.9 Å². The van der Waals surface area contributed by atoms with Crippen molar-refractivity contribution in [2.75, 3.05) is 11.9 Å². The fourth-order valence-electron chi connectivity index (χ4n) is 3.77. The van der Waals surface area contributed by atoms with E-state index >= 15 is 0 Å². The molecule has 0 bridgehead atoms. The molecule has 2 aromatic carbocycles. The number of carbonyl (C=O) groups is 1. The predicted molar refractivity (Wildman–Crippen MR) is 126 cm³/mol. The minimum Gasteiger partial charge on any atom is -0.490 e. The van der Waals surface area contributed by atoms with Gasteiger partial charge >= 0.3 is 0 Å². The maximum atomic E-state index is 12.5. The van der Waals surface area contributed by atoms with Gasteiger partial charge in [-0.2, -0.15) is 10.1 Å². The average Bonchev–Trinajstić information content (AvgIpc) is 3.21. The number of carbonyl (C=O) groups excluding carboxylic acids is 1. The first-order valence-corrected chi connectivity index (χ1v) is 11.3. The fourth-order valence-corrected chi connectivity index (χ4v) is 4.53. The van der Waals surface area contributed by atoms with E-state index in [0.29, 0.717) is 39.1 Å². The van der Waals surface area contributed by atoms with Gasteiger partial charge in [-0.3, -0.25) is 4.79 Å². The fraction of sp³-hybridized carbons (Fsp3) is 0.261. The summed E-state index contributed by atoms with van der Waals surface area (Å²) in [6, 6.07) is 10.9. The third-order valence-corrected chi connectivity index (χ3v) is 6.11. The number of Topliss-reactive ketones (excluding diaryl/α,β-unsaturated/α-hetero) is 1. The molecule has 1 aromatic heterocycles. The second-order valence-corrected chi connectivity index (χ2v) is 8.56. The number of anilines is 1. The first kappa shape index (κ1) is 22.4. The molecule has 166 valence electrons. The van der Waals surface area contributed by atoms with E-state index in [1.54, 1.807) is 11.6 Å². The number of rotatable bonds is 7. The van der Waals surface area contributed by atoms with Gasteiger partial charge in [-0.05, 0) is 60.5 Å². The van der Waals surface area contributed by atoms with Gasteiger partial charge in [-0.1, -0.05) is 29.8 Å². The minimum atomic E-state index is -0.445. The lowest BCUT2D eigenvalue weighted by Gasteiger charge is -2.29. The second kappa shape index (κ2) is 9.34. The molecule has 1 aliphatic heterocycles. The molecule has 0 radical (unpaired) electrons. The summed E-state index contributed by atoms with van der Waals surface area (Å²) in [4.78, 5) is 16.8. The van der Waals surface area contributed by atoms with Crippen LogP contribution in [0.3, 0.4) is 0 Å². The molecule has 0 saturated carbocycles. The first-order valence-electron chi connectivity index (χ1n) is 10.1. The normalized spacial score (nSPS) is 15.2. The van der Waals surface area contributed by atoms with E-state index in [9.17, 15) is 4.79 Å². The van der Waals surface area contributed by atoms with Gasteiger partial charge in [0.2, 0.25) is 5.95 Å². The topological polar surface area (TPSA) is 78.3 Å². The molecule has 1 unspecified atom stereocenters. The summed E-state index contributed by atoms with van der Waals surface area (Å²) in [6.45, 7) is 6.06. The zero-order chi connectivity index (χ0) is 22.8. The summed E-state index contributed by atoms with van der Waals surface area (Å²) < 4.78 is 14.4. The summed E-state index contributed by atoms with van der Waals surface area (Å²) in [7, 11) is 0.